The molecule has 0 aliphatic heterocycles. The van der Waals surface area contributed by atoms with Crippen molar-refractivity contribution in [2.24, 2.45) is 11.5 Å². The van der Waals surface area contributed by atoms with E-state index in [9.17, 15) is 9.00 Å². The van der Waals surface area contributed by atoms with Crippen molar-refractivity contribution in [1.29, 1.82) is 0 Å². The average Bonchev–Trinajstić information content (AvgIpc) is 2.14. The molecule has 0 rings (SSSR count). The molecule has 0 aromatic rings. The van der Waals surface area contributed by atoms with Gasteiger partial charge in [0.1, 0.15) is 6.04 Å². The number of hydrogen-bond acceptors (Lipinski definition) is 5. The second-order valence-electron chi connectivity index (χ2n) is 2.64. The largest absolute Gasteiger partial charge is 0.354 e. The third kappa shape index (κ3) is 6.92. The van der Waals surface area contributed by atoms with Crippen molar-refractivity contribution >= 4 is 17.2 Å². The lowest BCUT2D eigenvalue weighted by molar-refractivity contribution is -0.148. The number of hydrogen-bond donors (Lipinski definition) is 4. The lowest BCUT2D eigenvalue weighted by atomic mass is 10.1. The molecule has 0 heterocycles. The van der Waals surface area contributed by atoms with E-state index >= 15 is 0 Å². The predicted molar refractivity (Wildman–Crippen MR) is 50.9 cm³/mol. The van der Waals surface area contributed by atoms with Crippen LogP contribution >= 0.6 is 0 Å². The second kappa shape index (κ2) is 7.83. The van der Waals surface area contributed by atoms with Gasteiger partial charge in [-0.25, -0.2) is 9.00 Å². The number of rotatable bonds is 7. The van der Waals surface area contributed by atoms with Crippen LogP contribution < -0.4 is 16.4 Å². The van der Waals surface area contributed by atoms with Crippen LogP contribution in [0.2, 0.25) is 0 Å². The topological polar surface area (TPSA) is 128 Å². The molecule has 0 aromatic carbocycles. The van der Waals surface area contributed by atoms with Gasteiger partial charge in [0.15, 0.2) is 0 Å². The van der Waals surface area contributed by atoms with Crippen molar-refractivity contribution in [2.45, 2.75) is 25.3 Å². The van der Waals surface area contributed by atoms with Gasteiger partial charge in [-0.3, -0.25) is 4.55 Å². The third-order valence-corrected chi connectivity index (χ3v) is 1.71. The summed E-state index contributed by atoms with van der Waals surface area (Å²) in [5, 5.41) is 0. The smallest absolute Gasteiger partial charge is 0.342 e. The van der Waals surface area contributed by atoms with Crippen LogP contribution in [0.1, 0.15) is 19.3 Å². The summed E-state index contributed by atoms with van der Waals surface area (Å²) in [6, 6.07) is -0.794. The maximum atomic E-state index is 11.0. The van der Waals surface area contributed by atoms with Gasteiger partial charge in [0.05, 0.1) is 0 Å². The molecule has 8 heteroatoms. The summed E-state index contributed by atoms with van der Waals surface area (Å²) in [7, 11) is 0. The maximum Gasteiger partial charge on any atom is 0.342 e. The quantitative estimate of drug-likeness (QED) is 0.240. The number of nitrogens with one attached hydrogen (secondary N) is 1. The molecule has 0 fully saturated rings. The molecule has 84 valence electrons. The first kappa shape index (κ1) is 13.5. The van der Waals surface area contributed by atoms with Gasteiger partial charge in [-0.05, 0) is 24.3 Å². The Hall–Kier alpha value is -0.540. The number of carbonyl (C=O) groups is 1. The molecule has 0 bridgehead atoms. The summed E-state index contributed by atoms with van der Waals surface area (Å²) in [5.41, 5.74) is 10.7. The highest BCUT2D eigenvalue weighted by Crippen LogP contribution is 1.98. The van der Waals surface area contributed by atoms with Crippen molar-refractivity contribution in [2.75, 3.05) is 6.54 Å². The highest BCUT2D eigenvalue weighted by atomic mass is 32.2. The van der Waals surface area contributed by atoms with Gasteiger partial charge in [-0.15, -0.1) is 0 Å². The minimum atomic E-state index is -2.38. The van der Waals surface area contributed by atoms with E-state index in [4.69, 9.17) is 16.0 Å². The van der Waals surface area contributed by atoms with Gasteiger partial charge in [0, 0.05) is 0 Å². The maximum absolute atomic E-state index is 11.0. The molecule has 1 unspecified atom stereocenters. The fraction of sp³-hybridized carbons (Fsp3) is 0.833. The summed E-state index contributed by atoms with van der Waals surface area (Å²) < 4.78 is 18.3. The van der Waals surface area contributed by atoms with Gasteiger partial charge in [0.2, 0.25) is 0 Å². The van der Waals surface area contributed by atoms with E-state index in [1.165, 1.54) is 0 Å². The molecule has 0 spiro atoms. The molecular weight excluding hydrogens is 210 g/mol. The second-order valence-corrected chi connectivity index (χ2v) is 3.31. The van der Waals surface area contributed by atoms with Crippen LogP contribution in [-0.4, -0.2) is 27.3 Å². The van der Waals surface area contributed by atoms with Crippen LogP contribution in [0.4, 0.5) is 0 Å². The lowest BCUT2D eigenvalue weighted by Gasteiger charge is -2.09. The van der Waals surface area contributed by atoms with Crippen LogP contribution in [-0.2, 0) is 20.9 Å². The molecule has 14 heavy (non-hydrogen) atoms. The molecule has 2 atom stereocenters. The fourth-order valence-electron chi connectivity index (χ4n) is 0.779. The first-order valence-electron chi connectivity index (χ1n) is 4.10. The van der Waals surface area contributed by atoms with Crippen LogP contribution in [0.15, 0.2) is 0 Å². The molecule has 0 aliphatic carbocycles. The normalized spacial score (nSPS) is 14.8. The Morgan fingerprint density at radius 3 is 2.71 bits per heavy atom. The minimum Gasteiger partial charge on any atom is -0.354 e. The van der Waals surface area contributed by atoms with E-state index in [1.54, 1.807) is 4.89 Å². The van der Waals surface area contributed by atoms with Crippen LogP contribution in [0.3, 0.4) is 0 Å². The van der Waals surface area contributed by atoms with Crippen LogP contribution in [0.25, 0.3) is 0 Å². The number of carbonyl (C=O) groups excluding carboxylic acids is 1. The van der Waals surface area contributed by atoms with E-state index in [1.807, 2.05) is 0 Å². The summed E-state index contributed by atoms with van der Waals surface area (Å²) in [6.07, 6.45) is 1.94. The van der Waals surface area contributed by atoms with Gasteiger partial charge in [-0.2, -0.15) is 0 Å². The van der Waals surface area contributed by atoms with Crippen LogP contribution in [0, 0.1) is 0 Å². The van der Waals surface area contributed by atoms with E-state index < -0.39 is 23.3 Å². The molecule has 7 nitrogen and oxygen atoms in total. The molecular formula is C6H15N3O4S. The van der Waals surface area contributed by atoms with Crippen LogP contribution in [0.5, 0.6) is 0 Å². The molecule has 0 saturated heterocycles. The summed E-state index contributed by atoms with van der Waals surface area (Å²) >= 11 is -2.38. The molecule has 0 radical (unpaired) electrons. The third-order valence-electron chi connectivity index (χ3n) is 1.49. The zero-order valence-corrected chi connectivity index (χ0v) is 8.46. The Labute approximate surface area is 84.5 Å². The van der Waals surface area contributed by atoms with E-state index in [2.05, 4.69) is 4.84 Å². The van der Waals surface area contributed by atoms with E-state index in [0.717, 1.165) is 12.8 Å². The number of nitrogens with two attached hydrogens (primary N) is 2. The highest BCUT2D eigenvalue weighted by molar-refractivity contribution is 7.76. The van der Waals surface area contributed by atoms with Gasteiger partial charge < -0.3 is 16.3 Å². The zero-order valence-electron chi connectivity index (χ0n) is 7.64. The monoisotopic (exact) mass is 225 g/mol. The van der Waals surface area contributed by atoms with Crippen molar-refractivity contribution in [1.82, 2.24) is 4.89 Å². The Bertz CT molecular complexity index is 202. The fourth-order valence-corrected chi connectivity index (χ4v) is 0.932. The molecule has 0 amide bonds. The standard InChI is InChI=1S/C6H15N3O4S/c7-4-2-1-3-5(8)6(10)13-9-14(11)12/h5,9H,1-4,7-8H2,(H,11,12)/t5-/m0/s1. The Morgan fingerprint density at radius 1 is 1.57 bits per heavy atom. The van der Waals surface area contributed by atoms with E-state index in [0.29, 0.717) is 13.0 Å². The zero-order chi connectivity index (χ0) is 11.0. The summed E-state index contributed by atoms with van der Waals surface area (Å²) in [5.74, 6) is -0.760. The molecule has 0 saturated carbocycles. The van der Waals surface area contributed by atoms with Crippen molar-refractivity contribution in [3.8, 4) is 0 Å². The Morgan fingerprint density at radius 2 is 2.21 bits per heavy atom. The van der Waals surface area contributed by atoms with Gasteiger partial charge >= 0.3 is 5.97 Å². The SMILES string of the molecule is NCCCC[C@H](N)C(=O)ONS(=O)O. The minimum absolute atomic E-state index is 0.440. The average molecular weight is 225 g/mol. The first-order valence-corrected chi connectivity index (χ1v) is 5.21. The number of unbranched alkanes of at least 4 members (excludes halogenated alkanes) is 1. The summed E-state index contributed by atoms with van der Waals surface area (Å²) in [6.45, 7) is 0.542. The van der Waals surface area contributed by atoms with Crippen molar-refractivity contribution in [3.63, 3.8) is 0 Å². The predicted octanol–water partition coefficient (Wildman–Crippen LogP) is -1.37. The first-order chi connectivity index (χ1) is 6.57. The molecule has 0 aromatic heterocycles. The summed E-state index contributed by atoms with van der Waals surface area (Å²) in [4.78, 5) is 16.7. The van der Waals surface area contributed by atoms with Crippen molar-refractivity contribution in [3.05, 3.63) is 0 Å². The van der Waals surface area contributed by atoms with Crippen molar-refractivity contribution < 1.29 is 18.4 Å². The highest BCUT2D eigenvalue weighted by Gasteiger charge is 2.15. The Balaban J connectivity index is 3.59. The Kier molecular flexibility index (Phi) is 7.52. The van der Waals surface area contributed by atoms with Gasteiger partial charge in [0.25, 0.3) is 11.3 Å². The lowest BCUT2D eigenvalue weighted by Crippen LogP contribution is -2.36. The molecule has 0 aliphatic rings. The van der Waals surface area contributed by atoms with Gasteiger partial charge in [-0.1, -0.05) is 6.42 Å². The van der Waals surface area contributed by atoms with E-state index in [-0.39, 0.29) is 0 Å². The molecule has 6 N–H and O–H groups in total.